The summed E-state index contributed by atoms with van der Waals surface area (Å²) in [5.74, 6) is 0.699. The predicted octanol–water partition coefficient (Wildman–Crippen LogP) is 1.81. The van der Waals surface area contributed by atoms with Crippen LogP contribution in [0.25, 0.3) is 0 Å². The number of hydrogen-bond donors (Lipinski definition) is 1. The maximum atomic E-state index is 5.16. The van der Waals surface area contributed by atoms with Gasteiger partial charge in [0.15, 0.2) is 0 Å². The molecule has 104 valence electrons. The third-order valence-electron chi connectivity index (χ3n) is 4.38. The lowest BCUT2D eigenvalue weighted by atomic mass is 9.97. The Bertz CT molecular complexity index is 424. The SMILES string of the molecule is COc1cccc(CNC2CCN3CCCC3C2)n1. The van der Waals surface area contributed by atoms with Crippen molar-refractivity contribution < 1.29 is 4.74 Å². The molecule has 2 aliphatic rings. The van der Waals surface area contributed by atoms with Crippen molar-refractivity contribution in [1.29, 1.82) is 0 Å². The van der Waals surface area contributed by atoms with E-state index in [1.807, 2.05) is 12.1 Å². The molecule has 1 aromatic heterocycles. The minimum absolute atomic E-state index is 0.646. The Morgan fingerprint density at radius 1 is 1.37 bits per heavy atom. The van der Waals surface area contributed by atoms with E-state index in [0.29, 0.717) is 11.9 Å². The van der Waals surface area contributed by atoms with Gasteiger partial charge in [0.05, 0.1) is 12.8 Å². The second kappa shape index (κ2) is 5.88. The van der Waals surface area contributed by atoms with E-state index in [-0.39, 0.29) is 0 Å². The zero-order valence-corrected chi connectivity index (χ0v) is 11.6. The second-order valence-electron chi connectivity index (χ2n) is 5.61. The molecule has 0 aliphatic carbocycles. The van der Waals surface area contributed by atoms with Gasteiger partial charge in [-0.2, -0.15) is 0 Å². The third-order valence-corrected chi connectivity index (χ3v) is 4.38. The predicted molar refractivity (Wildman–Crippen MR) is 75.2 cm³/mol. The van der Waals surface area contributed by atoms with Gasteiger partial charge in [-0.25, -0.2) is 4.98 Å². The number of hydrogen-bond acceptors (Lipinski definition) is 4. The van der Waals surface area contributed by atoms with Gasteiger partial charge in [0, 0.05) is 24.7 Å². The number of nitrogens with zero attached hydrogens (tertiary/aromatic N) is 2. The summed E-state index contributed by atoms with van der Waals surface area (Å²) in [5.41, 5.74) is 1.06. The molecule has 2 aliphatic heterocycles. The van der Waals surface area contributed by atoms with E-state index in [1.165, 1.54) is 38.8 Å². The van der Waals surface area contributed by atoms with Crippen molar-refractivity contribution in [3.8, 4) is 5.88 Å². The number of rotatable bonds is 4. The monoisotopic (exact) mass is 261 g/mol. The first-order chi connectivity index (χ1) is 9.35. The van der Waals surface area contributed by atoms with Gasteiger partial charge >= 0.3 is 0 Å². The first-order valence-corrected chi connectivity index (χ1v) is 7.32. The molecule has 4 nitrogen and oxygen atoms in total. The van der Waals surface area contributed by atoms with Crippen LogP contribution in [0.15, 0.2) is 18.2 Å². The molecule has 0 spiro atoms. The lowest BCUT2D eigenvalue weighted by Crippen LogP contribution is -2.45. The summed E-state index contributed by atoms with van der Waals surface area (Å²) in [6.07, 6.45) is 5.33. The van der Waals surface area contributed by atoms with Crippen LogP contribution in [0.3, 0.4) is 0 Å². The molecule has 0 aromatic carbocycles. The molecule has 1 aromatic rings. The molecule has 2 saturated heterocycles. The normalized spacial score (nSPS) is 27.2. The van der Waals surface area contributed by atoms with Gasteiger partial charge in [-0.15, -0.1) is 0 Å². The summed E-state index contributed by atoms with van der Waals surface area (Å²) in [4.78, 5) is 7.10. The average Bonchev–Trinajstić information content (AvgIpc) is 2.93. The molecule has 2 atom stereocenters. The van der Waals surface area contributed by atoms with Gasteiger partial charge in [0.25, 0.3) is 0 Å². The standard InChI is InChI=1S/C15H23N3O/c1-19-15-6-2-4-13(17-15)11-16-12-7-9-18-8-3-5-14(18)10-12/h2,4,6,12,14,16H,3,5,7-11H2,1H3. The lowest BCUT2D eigenvalue weighted by molar-refractivity contribution is 0.166. The molecule has 3 rings (SSSR count). The van der Waals surface area contributed by atoms with Crippen LogP contribution >= 0.6 is 0 Å². The van der Waals surface area contributed by atoms with E-state index in [0.717, 1.165) is 18.3 Å². The van der Waals surface area contributed by atoms with Gasteiger partial charge in [-0.3, -0.25) is 0 Å². The zero-order chi connectivity index (χ0) is 13.1. The van der Waals surface area contributed by atoms with Crippen LogP contribution in [0, 0.1) is 0 Å². The summed E-state index contributed by atoms with van der Waals surface area (Å²) in [5, 5.41) is 3.66. The average molecular weight is 261 g/mol. The summed E-state index contributed by atoms with van der Waals surface area (Å²) in [7, 11) is 1.66. The molecule has 2 fully saturated rings. The summed E-state index contributed by atoms with van der Waals surface area (Å²) in [6, 6.07) is 7.42. The highest BCUT2D eigenvalue weighted by atomic mass is 16.5. The van der Waals surface area contributed by atoms with Crippen molar-refractivity contribution in [1.82, 2.24) is 15.2 Å². The Hall–Kier alpha value is -1.13. The highest BCUT2D eigenvalue weighted by Crippen LogP contribution is 2.26. The number of aromatic nitrogens is 1. The summed E-state index contributed by atoms with van der Waals surface area (Å²) in [6.45, 7) is 3.41. The first kappa shape index (κ1) is 12.9. The number of methoxy groups -OCH3 is 1. The molecule has 4 heteroatoms. The van der Waals surface area contributed by atoms with Crippen molar-refractivity contribution in [2.24, 2.45) is 0 Å². The molecule has 19 heavy (non-hydrogen) atoms. The van der Waals surface area contributed by atoms with Crippen LogP contribution in [0.2, 0.25) is 0 Å². The molecule has 3 heterocycles. The number of pyridine rings is 1. The minimum Gasteiger partial charge on any atom is -0.481 e. The maximum absolute atomic E-state index is 5.16. The summed E-state index contributed by atoms with van der Waals surface area (Å²) >= 11 is 0. The van der Waals surface area contributed by atoms with E-state index < -0.39 is 0 Å². The molecule has 0 amide bonds. The van der Waals surface area contributed by atoms with Crippen molar-refractivity contribution in [2.75, 3.05) is 20.2 Å². The number of nitrogens with one attached hydrogen (secondary N) is 1. The number of fused-ring (bicyclic) bond motifs is 1. The van der Waals surface area contributed by atoms with Crippen molar-refractivity contribution in [3.05, 3.63) is 23.9 Å². The Balaban J connectivity index is 1.51. The van der Waals surface area contributed by atoms with E-state index in [9.17, 15) is 0 Å². The van der Waals surface area contributed by atoms with E-state index in [1.54, 1.807) is 7.11 Å². The first-order valence-electron chi connectivity index (χ1n) is 7.32. The minimum atomic E-state index is 0.646. The van der Waals surface area contributed by atoms with Crippen LogP contribution in [0.5, 0.6) is 5.88 Å². The van der Waals surface area contributed by atoms with Crippen LogP contribution in [-0.4, -0.2) is 42.2 Å². The molecule has 0 saturated carbocycles. The molecule has 0 radical (unpaired) electrons. The summed E-state index contributed by atoms with van der Waals surface area (Å²) < 4.78 is 5.16. The fourth-order valence-corrected chi connectivity index (χ4v) is 3.33. The molecular formula is C15H23N3O. The number of ether oxygens (including phenoxy) is 1. The quantitative estimate of drug-likeness (QED) is 0.897. The Morgan fingerprint density at radius 2 is 2.32 bits per heavy atom. The largest absolute Gasteiger partial charge is 0.481 e. The Labute approximate surface area is 115 Å². The van der Waals surface area contributed by atoms with Gasteiger partial charge in [0.1, 0.15) is 0 Å². The molecule has 0 bridgehead atoms. The highest BCUT2D eigenvalue weighted by Gasteiger charge is 2.31. The van der Waals surface area contributed by atoms with Gasteiger partial charge in [-0.1, -0.05) is 6.07 Å². The van der Waals surface area contributed by atoms with Gasteiger partial charge in [-0.05, 0) is 44.8 Å². The fraction of sp³-hybridized carbons (Fsp3) is 0.667. The molecule has 2 unspecified atom stereocenters. The smallest absolute Gasteiger partial charge is 0.213 e. The van der Waals surface area contributed by atoms with Gasteiger partial charge in [0.2, 0.25) is 5.88 Å². The molecule has 1 N–H and O–H groups in total. The van der Waals surface area contributed by atoms with E-state index in [4.69, 9.17) is 4.74 Å². The maximum Gasteiger partial charge on any atom is 0.213 e. The van der Waals surface area contributed by atoms with Crippen LogP contribution in [-0.2, 0) is 6.54 Å². The van der Waals surface area contributed by atoms with Crippen molar-refractivity contribution in [3.63, 3.8) is 0 Å². The van der Waals surface area contributed by atoms with Crippen molar-refractivity contribution in [2.45, 2.75) is 44.3 Å². The highest BCUT2D eigenvalue weighted by molar-refractivity contribution is 5.15. The van der Waals surface area contributed by atoms with Crippen LogP contribution in [0.4, 0.5) is 0 Å². The van der Waals surface area contributed by atoms with Gasteiger partial charge < -0.3 is 15.0 Å². The fourth-order valence-electron chi connectivity index (χ4n) is 3.33. The van der Waals surface area contributed by atoms with E-state index >= 15 is 0 Å². The van der Waals surface area contributed by atoms with Crippen LogP contribution in [0.1, 0.15) is 31.4 Å². The van der Waals surface area contributed by atoms with E-state index in [2.05, 4.69) is 21.3 Å². The third kappa shape index (κ3) is 3.07. The number of piperidine rings is 1. The van der Waals surface area contributed by atoms with Crippen molar-refractivity contribution >= 4 is 0 Å². The lowest BCUT2D eigenvalue weighted by Gasteiger charge is -2.35. The second-order valence-corrected chi connectivity index (χ2v) is 5.61. The Kier molecular flexibility index (Phi) is 3.99. The topological polar surface area (TPSA) is 37.4 Å². The van der Waals surface area contributed by atoms with Crippen LogP contribution < -0.4 is 10.1 Å². The Morgan fingerprint density at radius 3 is 3.21 bits per heavy atom. The zero-order valence-electron chi connectivity index (χ0n) is 11.6. The molecular weight excluding hydrogens is 238 g/mol.